The van der Waals surface area contributed by atoms with E-state index in [4.69, 9.17) is 4.52 Å². The van der Waals surface area contributed by atoms with E-state index in [1.807, 2.05) is 44.2 Å². The van der Waals surface area contributed by atoms with Gasteiger partial charge in [-0.15, -0.1) is 0 Å². The molecular weight excluding hydrogens is 202 g/mol. The van der Waals surface area contributed by atoms with Gasteiger partial charge in [0.25, 0.3) is 0 Å². The van der Waals surface area contributed by atoms with Gasteiger partial charge in [-0.05, 0) is 0 Å². The average molecular weight is 215 g/mol. The number of ketones is 1. The Kier molecular flexibility index (Phi) is 2.86. The quantitative estimate of drug-likeness (QED) is 0.738. The fourth-order valence-corrected chi connectivity index (χ4v) is 1.43. The molecule has 0 fully saturated rings. The number of hydrogen-bond donors (Lipinski definition) is 0. The van der Waals surface area contributed by atoms with Gasteiger partial charge < -0.3 is 4.52 Å². The lowest BCUT2D eigenvalue weighted by Crippen LogP contribution is -2.07. The van der Waals surface area contributed by atoms with Crippen molar-refractivity contribution < 1.29 is 9.32 Å². The van der Waals surface area contributed by atoms with E-state index in [2.05, 4.69) is 5.16 Å². The molecule has 0 saturated carbocycles. The number of carbonyl (C=O) groups excluding carboxylic acids is 1. The molecule has 0 amide bonds. The Labute approximate surface area is 94.1 Å². The third-order valence-corrected chi connectivity index (χ3v) is 2.35. The van der Waals surface area contributed by atoms with Gasteiger partial charge in [0.1, 0.15) is 5.69 Å². The highest BCUT2D eigenvalue weighted by Gasteiger charge is 2.16. The Morgan fingerprint density at radius 2 is 1.94 bits per heavy atom. The van der Waals surface area contributed by atoms with Gasteiger partial charge in [-0.25, -0.2) is 0 Å². The summed E-state index contributed by atoms with van der Waals surface area (Å²) in [5, 5.41) is 3.79. The number of rotatable bonds is 3. The van der Waals surface area contributed by atoms with Crippen molar-refractivity contribution in [2.75, 3.05) is 0 Å². The third kappa shape index (κ3) is 2.03. The van der Waals surface area contributed by atoms with Crippen LogP contribution in [0, 0.1) is 5.92 Å². The Morgan fingerprint density at radius 3 is 2.56 bits per heavy atom. The standard InChI is InChI=1S/C13H13NO2/c1-9(2)13(15)11-8-12(16-14-11)10-6-4-3-5-7-10/h3-9H,1-2H3. The molecule has 0 N–H and O–H groups in total. The molecule has 0 radical (unpaired) electrons. The minimum atomic E-state index is -0.0614. The monoisotopic (exact) mass is 215 g/mol. The SMILES string of the molecule is CC(C)C(=O)c1cc(-c2ccccc2)on1. The number of aromatic nitrogens is 1. The summed E-state index contributed by atoms with van der Waals surface area (Å²) < 4.78 is 5.15. The molecule has 0 atom stereocenters. The van der Waals surface area contributed by atoms with E-state index in [1.54, 1.807) is 6.07 Å². The highest BCUT2D eigenvalue weighted by Crippen LogP contribution is 2.20. The van der Waals surface area contributed by atoms with Crippen molar-refractivity contribution in [1.82, 2.24) is 5.16 Å². The summed E-state index contributed by atoms with van der Waals surface area (Å²) in [6, 6.07) is 11.3. The zero-order chi connectivity index (χ0) is 11.5. The van der Waals surface area contributed by atoms with Crippen molar-refractivity contribution in [3.05, 3.63) is 42.1 Å². The Bertz CT molecular complexity index is 486. The fourth-order valence-electron chi connectivity index (χ4n) is 1.43. The smallest absolute Gasteiger partial charge is 0.187 e. The van der Waals surface area contributed by atoms with Gasteiger partial charge in [0.05, 0.1) is 0 Å². The van der Waals surface area contributed by atoms with E-state index < -0.39 is 0 Å². The van der Waals surface area contributed by atoms with Crippen LogP contribution >= 0.6 is 0 Å². The van der Waals surface area contributed by atoms with Gasteiger partial charge in [0.2, 0.25) is 0 Å². The van der Waals surface area contributed by atoms with Crippen LogP contribution < -0.4 is 0 Å². The molecule has 2 aromatic rings. The molecule has 3 nitrogen and oxygen atoms in total. The van der Waals surface area contributed by atoms with Crippen molar-refractivity contribution in [1.29, 1.82) is 0 Å². The van der Waals surface area contributed by atoms with Crippen molar-refractivity contribution in [3.8, 4) is 11.3 Å². The average Bonchev–Trinajstić information content (AvgIpc) is 2.78. The van der Waals surface area contributed by atoms with Gasteiger partial charge in [-0.1, -0.05) is 49.3 Å². The molecule has 0 unspecified atom stereocenters. The van der Waals surface area contributed by atoms with Crippen LogP contribution in [0.3, 0.4) is 0 Å². The number of benzene rings is 1. The van der Waals surface area contributed by atoms with Gasteiger partial charge in [-0.3, -0.25) is 4.79 Å². The third-order valence-electron chi connectivity index (χ3n) is 2.35. The van der Waals surface area contributed by atoms with Crippen LogP contribution in [0.25, 0.3) is 11.3 Å². The summed E-state index contributed by atoms with van der Waals surface area (Å²) in [6.45, 7) is 3.69. The van der Waals surface area contributed by atoms with Crippen molar-refractivity contribution in [2.45, 2.75) is 13.8 Å². The molecule has 1 heterocycles. The first-order chi connectivity index (χ1) is 7.68. The molecule has 3 heteroatoms. The fraction of sp³-hybridized carbons (Fsp3) is 0.231. The summed E-state index contributed by atoms with van der Waals surface area (Å²) >= 11 is 0. The zero-order valence-corrected chi connectivity index (χ0v) is 9.31. The molecule has 0 spiro atoms. The first-order valence-corrected chi connectivity index (χ1v) is 5.25. The largest absolute Gasteiger partial charge is 0.356 e. The minimum absolute atomic E-state index is 0.00549. The molecule has 0 aliphatic carbocycles. The van der Waals surface area contributed by atoms with Crippen LogP contribution in [-0.4, -0.2) is 10.9 Å². The summed E-state index contributed by atoms with van der Waals surface area (Å²) in [5.41, 5.74) is 1.33. The summed E-state index contributed by atoms with van der Waals surface area (Å²) in [7, 11) is 0. The number of Topliss-reactive ketones (excluding diaryl/α,β-unsaturated/α-hetero) is 1. The van der Waals surface area contributed by atoms with Crippen LogP contribution in [0.2, 0.25) is 0 Å². The molecule has 16 heavy (non-hydrogen) atoms. The predicted octanol–water partition coefficient (Wildman–Crippen LogP) is 3.18. The summed E-state index contributed by atoms with van der Waals surface area (Å²) in [6.07, 6.45) is 0. The maximum atomic E-state index is 11.7. The molecule has 0 aliphatic rings. The van der Waals surface area contributed by atoms with Gasteiger partial charge in [0.15, 0.2) is 11.5 Å². The topological polar surface area (TPSA) is 43.1 Å². The number of nitrogens with zero attached hydrogens (tertiary/aromatic N) is 1. The van der Waals surface area contributed by atoms with Gasteiger partial charge in [-0.2, -0.15) is 0 Å². The van der Waals surface area contributed by atoms with E-state index >= 15 is 0 Å². The van der Waals surface area contributed by atoms with Crippen LogP contribution in [0.4, 0.5) is 0 Å². The molecular formula is C13H13NO2. The Hall–Kier alpha value is -1.90. The van der Waals surface area contributed by atoms with Crippen LogP contribution in [0.1, 0.15) is 24.3 Å². The van der Waals surface area contributed by atoms with Crippen LogP contribution in [-0.2, 0) is 0 Å². The first kappa shape index (κ1) is 10.6. The van der Waals surface area contributed by atoms with Gasteiger partial charge >= 0.3 is 0 Å². The van der Waals surface area contributed by atoms with E-state index in [0.717, 1.165) is 5.56 Å². The van der Waals surface area contributed by atoms with E-state index in [1.165, 1.54) is 0 Å². The van der Waals surface area contributed by atoms with Crippen LogP contribution in [0.5, 0.6) is 0 Å². The molecule has 2 rings (SSSR count). The maximum absolute atomic E-state index is 11.7. The lowest BCUT2D eigenvalue weighted by atomic mass is 10.1. The summed E-state index contributed by atoms with van der Waals surface area (Å²) in [4.78, 5) is 11.7. The number of hydrogen-bond acceptors (Lipinski definition) is 3. The Morgan fingerprint density at radius 1 is 1.25 bits per heavy atom. The van der Waals surface area contributed by atoms with Crippen LogP contribution in [0.15, 0.2) is 40.9 Å². The minimum Gasteiger partial charge on any atom is -0.356 e. The highest BCUT2D eigenvalue weighted by atomic mass is 16.5. The second kappa shape index (κ2) is 4.31. The van der Waals surface area contributed by atoms with Gasteiger partial charge in [0, 0.05) is 17.5 Å². The lowest BCUT2D eigenvalue weighted by Gasteiger charge is -1.96. The predicted molar refractivity (Wildman–Crippen MR) is 61.1 cm³/mol. The molecule has 0 bridgehead atoms. The summed E-state index contributed by atoms with van der Waals surface area (Å²) in [5.74, 6) is 0.573. The zero-order valence-electron chi connectivity index (χ0n) is 9.31. The molecule has 82 valence electrons. The Balaban J connectivity index is 2.30. The molecule has 1 aromatic heterocycles. The highest BCUT2D eigenvalue weighted by molar-refractivity contribution is 5.96. The number of carbonyl (C=O) groups is 1. The van der Waals surface area contributed by atoms with Crippen molar-refractivity contribution >= 4 is 5.78 Å². The van der Waals surface area contributed by atoms with E-state index in [9.17, 15) is 4.79 Å². The second-order valence-electron chi connectivity index (χ2n) is 3.96. The molecule has 0 aliphatic heterocycles. The first-order valence-electron chi connectivity index (χ1n) is 5.25. The normalized spacial score (nSPS) is 10.7. The second-order valence-corrected chi connectivity index (χ2v) is 3.96. The lowest BCUT2D eigenvalue weighted by molar-refractivity contribution is 0.0930. The van der Waals surface area contributed by atoms with E-state index in [0.29, 0.717) is 11.5 Å². The molecule has 0 saturated heterocycles. The van der Waals surface area contributed by atoms with Crippen molar-refractivity contribution in [2.24, 2.45) is 5.92 Å². The van der Waals surface area contributed by atoms with Crippen molar-refractivity contribution in [3.63, 3.8) is 0 Å². The van der Waals surface area contributed by atoms with E-state index in [-0.39, 0.29) is 11.7 Å². The maximum Gasteiger partial charge on any atom is 0.187 e. The molecule has 1 aromatic carbocycles.